The number of nitrogens with zero attached hydrogens (tertiary/aromatic N) is 1. The SMILES string of the molecule is Cc1ccc(Sc2ccc(C=C3NC(=O)N(Cc4ccccc4)C3=O)o2)cc1. The van der Waals surface area contributed by atoms with E-state index in [0.717, 1.165) is 10.5 Å². The molecule has 6 heteroatoms. The second-order valence-electron chi connectivity index (χ2n) is 6.44. The quantitative estimate of drug-likeness (QED) is 0.501. The second-order valence-corrected chi connectivity index (χ2v) is 7.51. The highest BCUT2D eigenvalue weighted by Crippen LogP contribution is 2.30. The van der Waals surface area contributed by atoms with Crippen LogP contribution in [0.15, 0.2) is 86.8 Å². The maximum Gasteiger partial charge on any atom is 0.329 e. The maximum absolute atomic E-state index is 12.6. The summed E-state index contributed by atoms with van der Waals surface area (Å²) in [4.78, 5) is 27.0. The summed E-state index contributed by atoms with van der Waals surface area (Å²) < 4.78 is 5.78. The molecule has 0 spiro atoms. The van der Waals surface area contributed by atoms with Crippen molar-refractivity contribution in [2.75, 3.05) is 0 Å². The number of aryl methyl sites for hydroxylation is 1. The number of benzene rings is 2. The molecule has 1 saturated heterocycles. The molecule has 0 atom stereocenters. The average molecular weight is 390 g/mol. The Labute approximate surface area is 167 Å². The zero-order valence-electron chi connectivity index (χ0n) is 15.2. The van der Waals surface area contributed by atoms with Gasteiger partial charge in [-0.05, 0) is 36.8 Å². The molecule has 2 aromatic carbocycles. The van der Waals surface area contributed by atoms with Crippen LogP contribution < -0.4 is 5.32 Å². The fraction of sp³-hybridized carbons (Fsp3) is 0.0909. The highest BCUT2D eigenvalue weighted by Gasteiger charge is 2.33. The van der Waals surface area contributed by atoms with Gasteiger partial charge in [-0.3, -0.25) is 9.69 Å². The van der Waals surface area contributed by atoms with E-state index in [9.17, 15) is 9.59 Å². The summed E-state index contributed by atoms with van der Waals surface area (Å²) in [5, 5.41) is 3.34. The summed E-state index contributed by atoms with van der Waals surface area (Å²) in [6.07, 6.45) is 1.56. The molecule has 1 N–H and O–H groups in total. The van der Waals surface area contributed by atoms with Gasteiger partial charge in [-0.25, -0.2) is 4.79 Å². The van der Waals surface area contributed by atoms with E-state index in [4.69, 9.17) is 4.42 Å². The Morgan fingerprint density at radius 2 is 1.75 bits per heavy atom. The Bertz CT molecular complexity index is 1040. The van der Waals surface area contributed by atoms with Crippen molar-refractivity contribution in [3.05, 3.63) is 89.3 Å². The predicted octanol–water partition coefficient (Wildman–Crippen LogP) is 4.83. The lowest BCUT2D eigenvalue weighted by atomic mass is 10.2. The van der Waals surface area contributed by atoms with Crippen molar-refractivity contribution in [1.29, 1.82) is 0 Å². The summed E-state index contributed by atoms with van der Waals surface area (Å²) in [6, 6.07) is 20.7. The molecule has 3 aromatic rings. The van der Waals surface area contributed by atoms with E-state index in [1.807, 2.05) is 67.6 Å². The number of nitrogens with one attached hydrogen (secondary N) is 1. The van der Waals surface area contributed by atoms with Gasteiger partial charge in [0.2, 0.25) is 0 Å². The monoisotopic (exact) mass is 390 g/mol. The van der Waals surface area contributed by atoms with Crippen molar-refractivity contribution in [1.82, 2.24) is 10.2 Å². The zero-order chi connectivity index (χ0) is 19.5. The van der Waals surface area contributed by atoms with Crippen molar-refractivity contribution in [3.63, 3.8) is 0 Å². The molecule has 1 aromatic heterocycles. The van der Waals surface area contributed by atoms with Crippen molar-refractivity contribution < 1.29 is 14.0 Å². The molecule has 0 saturated carbocycles. The normalized spacial score (nSPS) is 15.3. The number of rotatable bonds is 5. The molecule has 0 unspecified atom stereocenters. The van der Waals surface area contributed by atoms with Crippen molar-refractivity contribution in [2.45, 2.75) is 23.5 Å². The van der Waals surface area contributed by atoms with Gasteiger partial charge in [0.05, 0.1) is 6.54 Å². The Morgan fingerprint density at radius 1 is 1.00 bits per heavy atom. The van der Waals surface area contributed by atoms with E-state index < -0.39 is 6.03 Å². The molecule has 5 nitrogen and oxygen atoms in total. The standard InChI is InChI=1S/C22H18N2O3S/c1-15-7-10-18(11-8-15)28-20-12-9-17(27-20)13-19-21(25)24(22(26)23-19)14-16-5-3-2-4-6-16/h2-13H,14H2,1H3,(H,23,26). The summed E-state index contributed by atoms with van der Waals surface area (Å²) in [7, 11) is 0. The molecular weight excluding hydrogens is 372 g/mol. The van der Waals surface area contributed by atoms with Gasteiger partial charge in [0.15, 0.2) is 5.09 Å². The first-order valence-electron chi connectivity index (χ1n) is 8.81. The van der Waals surface area contributed by atoms with Gasteiger partial charge in [0.1, 0.15) is 11.5 Å². The molecule has 1 fully saturated rings. The van der Waals surface area contributed by atoms with Crippen LogP contribution in [0.25, 0.3) is 6.08 Å². The topological polar surface area (TPSA) is 62.6 Å². The Morgan fingerprint density at radius 3 is 2.50 bits per heavy atom. The van der Waals surface area contributed by atoms with E-state index in [1.54, 1.807) is 12.1 Å². The molecule has 1 aliphatic rings. The molecule has 2 heterocycles. The summed E-state index contributed by atoms with van der Waals surface area (Å²) in [5.74, 6) is 0.151. The number of furan rings is 1. The number of imide groups is 1. The third-order valence-corrected chi connectivity index (χ3v) is 5.20. The lowest BCUT2D eigenvalue weighted by Crippen LogP contribution is -2.30. The average Bonchev–Trinajstić information content (AvgIpc) is 3.24. The highest BCUT2D eigenvalue weighted by molar-refractivity contribution is 7.99. The molecule has 0 aliphatic carbocycles. The molecule has 140 valence electrons. The number of hydrogen-bond acceptors (Lipinski definition) is 4. The lowest BCUT2D eigenvalue weighted by molar-refractivity contribution is -0.123. The van der Waals surface area contributed by atoms with Gasteiger partial charge in [-0.2, -0.15) is 0 Å². The van der Waals surface area contributed by atoms with Crippen LogP contribution in [0.2, 0.25) is 0 Å². The summed E-state index contributed by atoms with van der Waals surface area (Å²) >= 11 is 1.50. The van der Waals surface area contributed by atoms with Crippen molar-refractivity contribution in [3.8, 4) is 0 Å². The molecule has 28 heavy (non-hydrogen) atoms. The zero-order valence-corrected chi connectivity index (χ0v) is 16.0. The third-order valence-electron chi connectivity index (χ3n) is 4.27. The van der Waals surface area contributed by atoms with Crippen LogP contribution in [0.4, 0.5) is 4.79 Å². The fourth-order valence-electron chi connectivity index (χ4n) is 2.81. The van der Waals surface area contributed by atoms with Crippen molar-refractivity contribution >= 4 is 29.8 Å². The van der Waals surface area contributed by atoms with Crippen LogP contribution in [0.3, 0.4) is 0 Å². The lowest BCUT2D eigenvalue weighted by Gasteiger charge is -2.11. The number of hydrogen-bond donors (Lipinski definition) is 1. The van der Waals surface area contributed by atoms with Crippen LogP contribution >= 0.6 is 11.8 Å². The smallest absolute Gasteiger partial charge is 0.329 e. The summed E-state index contributed by atoms with van der Waals surface area (Å²) in [5.41, 5.74) is 2.30. The minimum Gasteiger partial charge on any atom is -0.450 e. The Kier molecular flexibility index (Phi) is 5.04. The van der Waals surface area contributed by atoms with E-state index in [0.29, 0.717) is 10.9 Å². The number of amides is 3. The van der Waals surface area contributed by atoms with Gasteiger partial charge < -0.3 is 9.73 Å². The van der Waals surface area contributed by atoms with Gasteiger partial charge in [-0.1, -0.05) is 59.8 Å². The largest absolute Gasteiger partial charge is 0.450 e. The molecule has 3 amide bonds. The minimum absolute atomic E-state index is 0.210. The number of urea groups is 1. The number of carbonyl (C=O) groups is 2. The van der Waals surface area contributed by atoms with E-state index in [1.165, 1.54) is 22.2 Å². The Hall–Kier alpha value is -3.25. The van der Waals surface area contributed by atoms with Gasteiger partial charge in [-0.15, -0.1) is 0 Å². The second kappa shape index (κ2) is 7.78. The van der Waals surface area contributed by atoms with Crippen LogP contribution in [0, 0.1) is 6.92 Å². The molecule has 0 radical (unpaired) electrons. The highest BCUT2D eigenvalue weighted by atomic mass is 32.2. The van der Waals surface area contributed by atoms with Gasteiger partial charge in [0, 0.05) is 11.0 Å². The maximum atomic E-state index is 12.6. The van der Waals surface area contributed by atoms with E-state index >= 15 is 0 Å². The molecule has 1 aliphatic heterocycles. The van der Waals surface area contributed by atoms with E-state index in [2.05, 4.69) is 5.32 Å². The van der Waals surface area contributed by atoms with Crippen LogP contribution in [0.5, 0.6) is 0 Å². The molecule has 4 rings (SSSR count). The summed E-state index contributed by atoms with van der Waals surface area (Å²) in [6.45, 7) is 2.27. The minimum atomic E-state index is -0.430. The van der Waals surface area contributed by atoms with Gasteiger partial charge in [0.25, 0.3) is 5.91 Å². The predicted molar refractivity (Wildman–Crippen MR) is 108 cm³/mol. The first kappa shape index (κ1) is 18.1. The third kappa shape index (κ3) is 4.02. The number of carbonyl (C=O) groups excluding carboxylic acids is 2. The van der Waals surface area contributed by atoms with Crippen LogP contribution in [-0.4, -0.2) is 16.8 Å². The first-order valence-corrected chi connectivity index (χ1v) is 9.63. The van der Waals surface area contributed by atoms with E-state index in [-0.39, 0.29) is 18.1 Å². The van der Waals surface area contributed by atoms with Crippen molar-refractivity contribution in [2.24, 2.45) is 0 Å². The van der Waals surface area contributed by atoms with Crippen LogP contribution in [0.1, 0.15) is 16.9 Å². The molecule has 0 bridgehead atoms. The van der Waals surface area contributed by atoms with Crippen LogP contribution in [-0.2, 0) is 11.3 Å². The Balaban J connectivity index is 1.47. The first-order chi connectivity index (χ1) is 13.6. The fourth-order valence-corrected chi connectivity index (χ4v) is 3.59. The molecular formula is C22H18N2O3S. The van der Waals surface area contributed by atoms with Gasteiger partial charge >= 0.3 is 6.03 Å².